The first kappa shape index (κ1) is 21.3. The summed E-state index contributed by atoms with van der Waals surface area (Å²) >= 11 is 1.37. The van der Waals surface area contributed by atoms with Crippen molar-refractivity contribution in [2.45, 2.75) is 17.2 Å². The van der Waals surface area contributed by atoms with Crippen LogP contribution in [0.4, 0.5) is 9.52 Å². The number of nitrogens with zero attached hydrogens (tertiary/aromatic N) is 2. The van der Waals surface area contributed by atoms with Gasteiger partial charge in [-0.25, -0.2) is 17.8 Å². The highest BCUT2D eigenvalue weighted by Gasteiger charge is 2.23. The zero-order valence-electron chi connectivity index (χ0n) is 17.2. The number of carbonyl (C=O) groups is 1. The Kier molecular flexibility index (Phi) is 5.43. The molecule has 0 radical (unpaired) electrons. The maximum atomic E-state index is 14.1. The van der Waals surface area contributed by atoms with Crippen LogP contribution in [0.15, 0.2) is 83.9 Å². The van der Waals surface area contributed by atoms with Crippen LogP contribution in [-0.2, 0) is 26.9 Å². The summed E-state index contributed by atoms with van der Waals surface area (Å²) in [5.74, 6) is -1.36. The molecule has 0 bridgehead atoms. The topological polar surface area (TPSA) is 81.1 Å². The molecule has 2 heterocycles. The molecule has 33 heavy (non-hydrogen) atoms. The molecule has 166 valence electrons. The highest BCUT2D eigenvalue weighted by atomic mass is 32.2. The number of hydrogen-bond donors (Lipinski definition) is 1. The molecule has 0 unspecified atom stereocenters. The Bertz CT molecular complexity index is 1570. The summed E-state index contributed by atoms with van der Waals surface area (Å²) in [7, 11) is -3.86. The Balaban J connectivity index is 1.44. The largest absolute Gasteiger partial charge is 0.337 e. The van der Waals surface area contributed by atoms with Gasteiger partial charge < -0.3 is 9.88 Å². The van der Waals surface area contributed by atoms with Crippen molar-refractivity contribution < 1.29 is 17.6 Å². The van der Waals surface area contributed by atoms with Crippen LogP contribution in [-0.4, -0.2) is 23.9 Å². The lowest BCUT2D eigenvalue weighted by atomic mass is 10.2. The Hall–Kier alpha value is -3.56. The van der Waals surface area contributed by atoms with E-state index in [1.165, 1.54) is 35.7 Å². The molecule has 5 rings (SSSR count). The van der Waals surface area contributed by atoms with Gasteiger partial charge in [-0.3, -0.25) is 4.79 Å². The molecule has 6 nitrogen and oxygen atoms in total. The normalized spacial score (nSPS) is 11.8. The summed E-state index contributed by atoms with van der Waals surface area (Å²) < 4.78 is 43.0. The number of benzene rings is 3. The Morgan fingerprint density at radius 1 is 1.00 bits per heavy atom. The number of thiazole rings is 1. The molecule has 0 atom stereocenters. The zero-order valence-corrected chi connectivity index (χ0v) is 18.9. The van der Waals surface area contributed by atoms with Gasteiger partial charge in [0.15, 0.2) is 15.0 Å². The fourth-order valence-corrected chi connectivity index (χ4v) is 6.21. The van der Waals surface area contributed by atoms with E-state index in [2.05, 4.69) is 10.3 Å². The first-order valence-corrected chi connectivity index (χ1v) is 12.6. The maximum Gasteiger partial charge on any atom is 0.246 e. The molecule has 5 aromatic rings. The van der Waals surface area contributed by atoms with Crippen LogP contribution >= 0.6 is 11.3 Å². The number of amides is 1. The number of anilines is 1. The minimum absolute atomic E-state index is 0.0640. The van der Waals surface area contributed by atoms with Gasteiger partial charge in [-0.1, -0.05) is 59.9 Å². The molecule has 1 amide bonds. The quantitative estimate of drug-likeness (QED) is 0.372. The number of rotatable bonds is 6. The van der Waals surface area contributed by atoms with Crippen molar-refractivity contribution in [3.05, 3.63) is 90.4 Å². The summed E-state index contributed by atoms with van der Waals surface area (Å²) in [6, 6.07) is 20.3. The average Bonchev–Trinajstić information content (AvgIpc) is 3.37. The number of carbonyl (C=O) groups excluding carboxylic acids is 1. The first-order valence-electron chi connectivity index (χ1n) is 10.1. The lowest BCUT2D eigenvalue weighted by molar-refractivity contribution is -0.116. The summed E-state index contributed by atoms with van der Waals surface area (Å²) in [6.45, 7) is -0.0916. The van der Waals surface area contributed by atoms with Crippen molar-refractivity contribution in [1.29, 1.82) is 0 Å². The second-order valence-corrected chi connectivity index (χ2v) is 10.5. The number of para-hydroxylation sites is 2. The van der Waals surface area contributed by atoms with E-state index in [-0.39, 0.29) is 22.9 Å². The Morgan fingerprint density at radius 2 is 1.73 bits per heavy atom. The number of nitrogens with one attached hydrogen (secondary N) is 1. The van der Waals surface area contributed by atoms with E-state index in [0.29, 0.717) is 16.0 Å². The highest BCUT2D eigenvalue weighted by molar-refractivity contribution is 7.90. The molecular weight excluding hydrogens is 461 g/mol. The molecule has 0 aliphatic heterocycles. The van der Waals surface area contributed by atoms with Gasteiger partial charge in [-0.05, 0) is 24.3 Å². The first-order chi connectivity index (χ1) is 15.9. The van der Waals surface area contributed by atoms with E-state index in [4.69, 9.17) is 0 Å². The van der Waals surface area contributed by atoms with Crippen molar-refractivity contribution in [2.75, 3.05) is 5.32 Å². The number of hydrogen-bond acceptors (Lipinski definition) is 5. The number of halogens is 1. The number of fused-ring (bicyclic) bond motifs is 2. The van der Waals surface area contributed by atoms with E-state index < -0.39 is 21.4 Å². The van der Waals surface area contributed by atoms with Crippen LogP contribution in [0.3, 0.4) is 0 Å². The monoisotopic (exact) mass is 479 g/mol. The Morgan fingerprint density at radius 3 is 2.55 bits per heavy atom. The van der Waals surface area contributed by atoms with Crippen molar-refractivity contribution in [3.63, 3.8) is 0 Å². The predicted molar refractivity (Wildman–Crippen MR) is 127 cm³/mol. The summed E-state index contributed by atoms with van der Waals surface area (Å²) in [4.78, 5) is 17.2. The molecule has 3 aromatic carbocycles. The molecule has 0 fully saturated rings. The van der Waals surface area contributed by atoms with Gasteiger partial charge in [0.05, 0.1) is 20.9 Å². The van der Waals surface area contributed by atoms with Crippen molar-refractivity contribution >= 4 is 53.3 Å². The van der Waals surface area contributed by atoms with E-state index in [0.717, 1.165) is 10.2 Å². The van der Waals surface area contributed by atoms with Crippen molar-refractivity contribution in [2.24, 2.45) is 0 Å². The van der Waals surface area contributed by atoms with E-state index >= 15 is 0 Å². The molecular formula is C24H18FN3O3S2. The third-order valence-electron chi connectivity index (χ3n) is 5.24. The summed E-state index contributed by atoms with van der Waals surface area (Å²) in [6.07, 6.45) is 1.44. The average molecular weight is 480 g/mol. The minimum atomic E-state index is -3.86. The third-order valence-corrected chi connectivity index (χ3v) is 7.88. The van der Waals surface area contributed by atoms with Gasteiger partial charge >= 0.3 is 0 Å². The summed E-state index contributed by atoms with van der Waals surface area (Å²) in [5.41, 5.74) is 1.50. The van der Waals surface area contributed by atoms with E-state index in [1.807, 2.05) is 24.3 Å². The molecule has 0 spiro atoms. The highest BCUT2D eigenvalue weighted by Crippen LogP contribution is 2.29. The van der Waals surface area contributed by atoms with Crippen LogP contribution < -0.4 is 5.32 Å². The second-order valence-electron chi connectivity index (χ2n) is 7.52. The van der Waals surface area contributed by atoms with Crippen molar-refractivity contribution in [3.8, 4) is 0 Å². The van der Waals surface area contributed by atoms with Crippen LogP contribution in [0.1, 0.15) is 5.56 Å². The molecule has 0 aliphatic carbocycles. The molecule has 0 aliphatic rings. The Labute approximate surface area is 193 Å². The third kappa shape index (κ3) is 4.24. The molecule has 2 aromatic heterocycles. The number of aromatic nitrogens is 2. The van der Waals surface area contributed by atoms with Gasteiger partial charge in [0.25, 0.3) is 0 Å². The SMILES string of the molecule is O=C(Cn1cc(S(=O)(=O)Cc2ccccc2F)c2ccccc21)Nc1nc2ccccc2s1. The lowest BCUT2D eigenvalue weighted by Gasteiger charge is -2.05. The molecule has 0 saturated carbocycles. The standard InChI is InChI=1S/C24H18FN3O3S2/c25-18-9-3-1-7-16(18)15-33(30,31)22-13-28(20-11-5-2-8-17(20)22)14-23(29)27-24-26-19-10-4-6-12-21(19)32-24/h1-13H,14-15H2,(H,26,27,29). The summed E-state index contributed by atoms with van der Waals surface area (Å²) in [5, 5.41) is 3.75. The van der Waals surface area contributed by atoms with Crippen LogP contribution in [0, 0.1) is 5.82 Å². The van der Waals surface area contributed by atoms with E-state index in [1.54, 1.807) is 34.9 Å². The maximum absolute atomic E-state index is 14.1. The predicted octanol–water partition coefficient (Wildman–Crippen LogP) is 5.00. The smallest absolute Gasteiger partial charge is 0.246 e. The van der Waals surface area contributed by atoms with Gasteiger partial charge in [-0.15, -0.1) is 0 Å². The molecule has 1 N–H and O–H groups in total. The lowest BCUT2D eigenvalue weighted by Crippen LogP contribution is -2.18. The zero-order chi connectivity index (χ0) is 23.0. The molecule has 0 saturated heterocycles. The molecule has 9 heteroatoms. The van der Waals surface area contributed by atoms with Crippen molar-refractivity contribution in [1.82, 2.24) is 9.55 Å². The van der Waals surface area contributed by atoms with Gasteiger partial charge in [-0.2, -0.15) is 0 Å². The van der Waals surface area contributed by atoms with Gasteiger partial charge in [0.2, 0.25) is 5.91 Å². The van der Waals surface area contributed by atoms with Gasteiger partial charge in [0.1, 0.15) is 12.4 Å². The van der Waals surface area contributed by atoms with Crippen LogP contribution in [0.5, 0.6) is 0 Å². The fraction of sp³-hybridized carbons (Fsp3) is 0.0833. The minimum Gasteiger partial charge on any atom is -0.337 e. The second kappa shape index (κ2) is 8.42. The van der Waals surface area contributed by atoms with Gasteiger partial charge in [0, 0.05) is 22.7 Å². The van der Waals surface area contributed by atoms with E-state index in [9.17, 15) is 17.6 Å². The van der Waals surface area contributed by atoms with Crippen LogP contribution in [0.2, 0.25) is 0 Å². The van der Waals surface area contributed by atoms with Crippen LogP contribution in [0.25, 0.3) is 21.1 Å². The number of sulfone groups is 1. The fourth-order valence-electron chi connectivity index (χ4n) is 3.73.